The molecule has 2 rings (SSSR count). The summed E-state index contributed by atoms with van der Waals surface area (Å²) in [5.41, 5.74) is 6.65. The third-order valence-electron chi connectivity index (χ3n) is 5.11. The van der Waals surface area contributed by atoms with Gasteiger partial charge in [-0.25, -0.2) is 0 Å². The van der Waals surface area contributed by atoms with Crippen molar-refractivity contribution in [2.24, 2.45) is 11.1 Å². The quantitative estimate of drug-likeness (QED) is 0.818. The van der Waals surface area contributed by atoms with Crippen LogP contribution in [0.2, 0.25) is 0 Å². The van der Waals surface area contributed by atoms with Crippen molar-refractivity contribution in [1.29, 1.82) is 0 Å². The zero-order valence-electron chi connectivity index (χ0n) is 11.8. The molecule has 1 heterocycles. The van der Waals surface area contributed by atoms with Crippen LogP contribution in [0.4, 0.5) is 0 Å². The van der Waals surface area contributed by atoms with Gasteiger partial charge in [-0.3, -0.25) is 0 Å². The van der Waals surface area contributed by atoms with E-state index < -0.39 is 0 Å². The normalized spacial score (nSPS) is 29.1. The first-order valence-corrected chi connectivity index (χ1v) is 7.61. The predicted octanol–water partition coefficient (Wildman–Crippen LogP) is 3.16. The molecule has 0 radical (unpaired) electrons. The van der Waals surface area contributed by atoms with E-state index in [1.165, 1.54) is 58.0 Å². The van der Waals surface area contributed by atoms with Crippen molar-refractivity contribution in [3.63, 3.8) is 0 Å². The molecule has 0 aromatic heterocycles. The van der Waals surface area contributed by atoms with Crippen molar-refractivity contribution in [3.05, 3.63) is 0 Å². The number of hydrogen-bond donors (Lipinski definition) is 1. The first kappa shape index (κ1) is 13.4. The maximum Gasteiger partial charge on any atom is 0.00815 e. The summed E-state index contributed by atoms with van der Waals surface area (Å²) in [5, 5.41) is 0. The predicted molar refractivity (Wildman–Crippen MR) is 74.1 cm³/mol. The molecule has 1 spiro atoms. The minimum absolute atomic E-state index is 0.343. The van der Waals surface area contributed by atoms with E-state index in [1.807, 2.05) is 0 Å². The van der Waals surface area contributed by atoms with Gasteiger partial charge in [0.15, 0.2) is 0 Å². The molecular formula is C15H30N2. The van der Waals surface area contributed by atoms with Crippen LogP contribution in [0.1, 0.15) is 65.2 Å². The van der Waals surface area contributed by atoms with Crippen LogP contribution in [-0.2, 0) is 0 Å². The molecule has 1 saturated carbocycles. The molecule has 0 bridgehead atoms. The van der Waals surface area contributed by atoms with Crippen LogP contribution in [0, 0.1) is 5.41 Å². The van der Waals surface area contributed by atoms with Crippen LogP contribution in [0.15, 0.2) is 0 Å². The van der Waals surface area contributed by atoms with E-state index in [2.05, 4.69) is 18.7 Å². The summed E-state index contributed by atoms with van der Waals surface area (Å²) in [6.45, 7) is 7.10. The molecule has 2 aliphatic rings. The average molecular weight is 238 g/mol. The molecule has 2 N–H and O–H groups in total. The zero-order valence-corrected chi connectivity index (χ0v) is 11.8. The number of likely N-dealkylation sites (tertiary alicyclic amines) is 1. The highest BCUT2D eigenvalue weighted by Gasteiger charge is 2.36. The van der Waals surface area contributed by atoms with Crippen molar-refractivity contribution >= 4 is 0 Å². The molecule has 2 nitrogen and oxygen atoms in total. The van der Waals surface area contributed by atoms with E-state index in [0.717, 1.165) is 11.8 Å². The SMILES string of the molecule is CC(N)CC(C)N1CCC2(CCCCC2)CC1. The highest BCUT2D eigenvalue weighted by molar-refractivity contribution is 4.89. The molecule has 2 unspecified atom stereocenters. The van der Waals surface area contributed by atoms with Crippen LogP contribution in [-0.4, -0.2) is 30.1 Å². The Morgan fingerprint density at radius 2 is 1.59 bits per heavy atom. The number of nitrogens with zero attached hydrogens (tertiary/aromatic N) is 1. The fourth-order valence-corrected chi connectivity index (χ4v) is 3.93. The molecule has 0 aromatic carbocycles. The van der Waals surface area contributed by atoms with E-state index in [4.69, 9.17) is 5.73 Å². The molecule has 0 aromatic rings. The van der Waals surface area contributed by atoms with Crippen molar-refractivity contribution in [3.8, 4) is 0 Å². The summed E-state index contributed by atoms with van der Waals surface area (Å²) in [6.07, 6.45) is 11.5. The maximum absolute atomic E-state index is 5.91. The number of hydrogen-bond acceptors (Lipinski definition) is 2. The second kappa shape index (κ2) is 5.71. The lowest BCUT2D eigenvalue weighted by atomic mass is 9.68. The summed E-state index contributed by atoms with van der Waals surface area (Å²) < 4.78 is 0. The van der Waals surface area contributed by atoms with Gasteiger partial charge in [0, 0.05) is 12.1 Å². The molecule has 100 valence electrons. The van der Waals surface area contributed by atoms with Crippen LogP contribution in [0.3, 0.4) is 0 Å². The average Bonchev–Trinajstić information content (AvgIpc) is 2.30. The monoisotopic (exact) mass is 238 g/mol. The van der Waals surface area contributed by atoms with Crippen LogP contribution in [0.5, 0.6) is 0 Å². The van der Waals surface area contributed by atoms with Crippen molar-refractivity contribution < 1.29 is 0 Å². The molecule has 1 aliphatic heterocycles. The second-order valence-corrected chi connectivity index (χ2v) is 6.66. The molecule has 2 fully saturated rings. The van der Waals surface area contributed by atoms with Gasteiger partial charge in [-0.05, 0) is 64.5 Å². The summed E-state index contributed by atoms with van der Waals surface area (Å²) in [4.78, 5) is 2.67. The van der Waals surface area contributed by atoms with Gasteiger partial charge in [-0.15, -0.1) is 0 Å². The smallest absolute Gasteiger partial charge is 0.00815 e. The topological polar surface area (TPSA) is 29.3 Å². The third kappa shape index (κ3) is 3.45. The second-order valence-electron chi connectivity index (χ2n) is 6.66. The van der Waals surface area contributed by atoms with Crippen LogP contribution in [0.25, 0.3) is 0 Å². The zero-order chi connectivity index (χ0) is 12.3. The lowest BCUT2D eigenvalue weighted by Crippen LogP contribution is -2.46. The van der Waals surface area contributed by atoms with E-state index in [9.17, 15) is 0 Å². The largest absolute Gasteiger partial charge is 0.328 e. The Bertz CT molecular complexity index is 221. The molecule has 0 amide bonds. The Hall–Kier alpha value is -0.0800. The fraction of sp³-hybridized carbons (Fsp3) is 1.00. The van der Waals surface area contributed by atoms with E-state index in [0.29, 0.717) is 12.1 Å². The van der Waals surface area contributed by atoms with E-state index in [-0.39, 0.29) is 0 Å². The molecule has 1 saturated heterocycles. The molecule has 1 aliphatic carbocycles. The number of piperidine rings is 1. The lowest BCUT2D eigenvalue weighted by Gasteiger charge is -2.46. The van der Waals surface area contributed by atoms with Gasteiger partial charge in [-0.2, -0.15) is 0 Å². The maximum atomic E-state index is 5.91. The minimum Gasteiger partial charge on any atom is -0.328 e. The summed E-state index contributed by atoms with van der Waals surface area (Å²) >= 11 is 0. The first-order chi connectivity index (χ1) is 8.11. The van der Waals surface area contributed by atoms with Gasteiger partial charge in [0.05, 0.1) is 0 Å². The highest BCUT2D eigenvalue weighted by Crippen LogP contribution is 2.44. The van der Waals surface area contributed by atoms with Crippen molar-refractivity contribution in [2.75, 3.05) is 13.1 Å². The first-order valence-electron chi connectivity index (χ1n) is 7.61. The third-order valence-corrected chi connectivity index (χ3v) is 5.11. The highest BCUT2D eigenvalue weighted by atomic mass is 15.2. The number of rotatable bonds is 3. The van der Waals surface area contributed by atoms with Gasteiger partial charge in [0.1, 0.15) is 0 Å². The fourth-order valence-electron chi connectivity index (χ4n) is 3.93. The van der Waals surface area contributed by atoms with Crippen LogP contribution >= 0.6 is 0 Å². The van der Waals surface area contributed by atoms with Gasteiger partial charge < -0.3 is 10.6 Å². The molecule has 2 heteroatoms. The van der Waals surface area contributed by atoms with Gasteiger partial charge in [0.2, 0.25) is 0 Å². The van der Waals surface area contributed by atoms with E-state index in [1.54, 1.807) is 0 Å². The van der Waals surface area contributed by atoms with Gasteiger partial charge >= 0.3 is 0 Å². The Labute approximate surface area is 107 Å². The van der Waals surface area contributed by atoms with Crippen molar-refractivity contribution in [2.45, 2.75) is 77.3 Å². The van der Waals surface area contributed by atoms with Crippen molar-refractivity contribution in [1.82, 2.24) is 4.90 Å². The lowest BCUT2D eigenvalue weighted by molar-refractivity contribution is 0.0460. The minimum atomic E-state index is 0.343. The van der Waals surface area contributed by atoms with Gasteiger partial charge in [0.25, 0.3) is 0 Å². The Kier molecular flexibility index (Phi) is 4.48. The Morgan fingerprint density at radius 3 is 2.12 bits per heavy atom. The molecular weight excluding hydrogens is 208 g/mol. The van der Waals surface area contributed by atoms with E-state index >= 15 is 0 Å². The summed E-state index contributed by atoms with van der Waals surface area (Å²) in [7, 11) is 0. The molecule has 2 atom stereocenters. The standard InChI is InChI=1S/C15H30N2/c1-13(16)12-14(2)17-10-8-15(9-11-17)6-4-3-5-7-15/h13-14H,3-12,16H2,1-2H3. The Balaban J connectivity index is 1.80. The Morgan fingerprint density at radius 1 is 1.00 bits per heavy atom. The summed E-state index contributed by atoms with van der Waals surface area (Å²) in [5.74, 6) is 0. The van der Waals surface area contributed by atoms with Crippen LogP contribution < -0.4 is 5.73 Å². The molecule has 17 heavy (non-hydrogen) atoms. The summed E-state index contributed by atoms with van der Waals surface area (Å²) in [6, 6.07) is 1.02. The number of nitrogens with two attached hydrogens (primary N) is 1. The van der Waals surface area contributed by atoms with Gasteiger partial charge in [-0.1, -0.05) is 19.3 Å².